The van der Waals surface area contributed by atoms with Crippen molar-refractivity contribution in [3.8, 4) is 0 Å². The van der Waals surface area contributed by atoms with Crippen LogP contribution < -0.4 is 0 Å². The molecule has 17 heavy (non-hydrogen) atoms. The lowest BCUT2D eigenvalue weighted by molar-refractivity contribution is 0.132. The normalized spacial score (nSPS) is 24.2. The molecule has 1 aliphatic carbocycles. The Bertz CT molecular complexity index is 538. The topological polar surface area (TPSA) is 8.17 Å². The quantitative estimate of drug-likeness (QED) is 0.772. The molecule has 0 saturated heterocycles. The lowest BCUT2D eigenvalue weighted by Crippen LogP contribution is -2.41. The van der Waals surface area contributed by atoms with Crippen LogP contribution in [0.25, 0.3) is 10.9 Å². The molecule has 1 saturated carbocycles. The monoisotopic (exact) mass is 232 g/mol. The van der Waals surface area contributed by atoms with Crippen LogP contribution in [0.3, 0.4) is 0 Å². The number of hydrogen-bond acceptors (Lipinski definition) is 1. The smallest absolute Gasteiger partial charge is 0.125 e. The van der Waals surface area contributed by atoms with Crippen LogP contribution in [0.15, 0.2) is 30.5 Å². The van der Waals surface area contributed by atoms with Crippen LogP contribution in [0.1, 0.15) is 18.9 Å². The fraction of sp³-hybridized carbons (Fsp3) is 0.429. The second-order valence-corrected chi connectivity index (χ2v) is 5.17. The van der Waals surface area contributed by atoms with Crippen LogP contribution in [0, 0.1) is 5.82 Å². The highest BCUT2D eigenvalue weighted by Crippen LogP contribution is 2.37. The minimum Gasteiger partial charge on any atom is -0.344 e. The number of hydrogen-bond donors (Lipinski definition) is 0. The highest BCUT2D eigenvalue weighted by Gasteiger charge is 2.32. The van der Waals surface area contributed by atoms with Gasteiger partial charge in [-0.15, -0.1) is 0 Å². The maximum Gasteiger partial charge on any atom is 0.125 e. The molecule has 1 aliphatic rings. The molecule has 3 rings (SSSR count). The summed E-state index contributed by atoms with van der Waals surface area (Å²) >= 11 is 0. The van der Waals surface area contributed by atoms with Gasteiger partial charge >= 0.3 is 0 Å². The van der Waals surface area contributed by atoms with Crippen LogP contribution in [0.4, 0.5) is 4.39 Å². The molecule has 0 bridgehead atoms. The first kappa shape index (κ1) is 10.8. The summed E-state index contributed by atoms with van der Waals surface area (Å²) < 4.78 is 15.5. The molecular formula is C14H17FN2. The molecule has 2 aromatic rings. The third-order valence-corrected chi connectivity index (χ3v) is 3.90. The summed E-state index contributed by atoms with van der Waals surface area (Å²) in [5, 5.41) is 1.12. The zero-order chi connectivity index (χ0) is 12.0. The highest BCUT2D eigenvalue weighted by atomic mass is 19.1. The van der Waals surface area contributed by atoms with Crippen molar-refractivity contribution in [3.05, 3.63) is 36.3 Å². The molecule has 1 fully saturated rings. The fourth-order valence-corrected chi connectivity index (χ4v) is 2.65. The Kier molecular flexibility index (Phi) is 2.44. The van der Waals surface area contributed by atoms with Gasteiger partial charge in [-0.25, -0.2) is 4.39 Å². The number of benzene rings is 1. The highest BCUT2D eigenvalue weighted by molar-refractivity contribution is 5.80. The number of halogens is 1. The average molecular weight is 232 g/mol. The van der Waals surface area contributed by atoms with Crippen LogP contribution in [0.2, 0.25) is 0 Å². The van der Waals surface area contributed by atoms with Gasteiger partial charge in [0.25, 0.3) is 0 Å². The zero-order valence-electron chi connectivity index (χ0n) is 10.2. The number of nitrogens with zero attached hydrogens (tertiary/aromatic N) is 2. The Morgan fingerprint density at radius 3 is 2.71 bits per heavy atom. The van der Waals surface area contributed by atoms with E-state index in [0.717, 1.165) is 23.7 Å². The molecule has 3 heteroatoms. The van der Waals surface area contributed by atoms with Gasteiger partial charge in [0.15, 0.2) is 0 Å². The summed E-state index contributed by atoms with van der Waals surface area (Å²) in [7, 11) is 4.24. The van der Waals surface area contributed by atoms with Crippen LogP contribution in [0.5, 0.6) is 0 Å². The Hall–Kier alpha value is -1.35. The van der Waals surface area contributed by atoms with Crippen molar-refractivity contribution in [3.63, 3.8) is 0 Å². The van der Waals surface area contributed by atoms with Gasteiger partial charge in [-0.1, -0.05) is 0 Å². The summed E-state index contributed by atoms with van der Waals surface area (Å²) in [6, 6.07) is 8.28. The predicted molar refractivity (Wildman–Crippen MR) is 67.6 cm³/mol. The number of fused-ring (bicyclic) bond motifs is 1. The second kappa shape index (κ2) is 3.84. The van der Waals surface area contributed by atoms with E-state index in [1.807, 2.05) is 6.07 Å². The largest absolute Gasteiger partial charge is 0.344 e. The molecule has 0 atom stereocenters. The third kappa shape index (κ3) is 1.75. The summed E-state index contributed by atoms with van der Waals surface area (Å²) in [5.41, 5.74) is 1.02. The molecule has 0 N–H and O–H groups in total. The van der Waals surface area contributed by atoms with Gasteiger partial charge in [0.1, 0.15) is 5.82 Å². The molecule has 1 heterocycles. The standard InChI is InChI=1S/C14H17FN2/c1-16(2)12-8-13(9-12)17-6-5-10-3-4-11(15)7-14(10)17/h3-7,12-13H,8-9H2,1-2H3. The van der Waals surface area contributed by atoms with Gasteiger partial charge in [-0.05, 0) is 56.6 Å². The van der Waals surface area contributed by atoms with Crippen molar-refractivity contribution in [1.29, 1.82) is 0 Å². The number of rotatable bonds is 2. The van der Waals surface area contributed by atoms with Crippen molar-refractivity contribution in [2.24, 2.45) is 0 Å². The first-order valence-electron chi connectivity index (χ1n) is 6.07. The van der Waals surface area contributed by atoms with Crippen molar-refractivity contribution in [2.75, 3.05) is 14.1 Å². The first-order valence-corrected chi connectivity index (χ1v) is 6.07. The van der Waals surface area contributed by atoms with Gasteiger partial charge in [0.05, 0.1) is 5.52 Å². The van der Waals surface area contributed by atoms with E-state index < -0.39 is 0 Å². The lowest BCUT2D eigenvalue weighted by atomic mass is 9.85. The van der Waals surface area contributed by atoms with E-state index in [4.69, 9.17) is 0 Å². The Labute approximate surface area is 101 Å². The van der Waals surface area contributed by atoms with Crippen molar-refractivity contribution >= 4 is 10.9 Å². The average Bonchev–Trinajstić information content (AvgIpc) is 2.59. The maximum atomic E-state index is 13.3. The molecular weight excluding hydrogens is 215 g/mol. The minimum atomic E-state index is -0.152. The minimum absolute atomic E-state index is 0.152. The van der Waals surface area contributed by atoms with Crippen LogP contribution in [-0.2, 0) is 0 Å². The fourth-order valence-electron chi connectivity index (χ4n) is 2.65. The Morgan fingerprint density at radius 1 is 1.24 bits per heavy atom. The van der Waals surface area contributed by atoms with Gasteiger partial charge in [0, 0.05) is 18.3 Å². The van der Waals surface area contributed by atoms with Crippen LogP contribution in [-0.4, -0.2) is 29.6 Å². The zero-order valence-corrected chi connectivity index (χ0v) is 10.2. The summed E-state index contributed by atoms with van der Waals surface area (Å²) in [4.78, 5) is 2.27. The third-order valence-electron chi connectivity index (χ3n) is 3.90. The molecule has 0 amide bonds. The van der Waals surface area contributed by atoms with E-state index in [2.05, 4.69) is 35.8 Å². The molecule has 0 unspecified atom stereocenters. The lowest BCUT2D eigenvalue weighted by Gasteiger charge is -2.40. The summed E-state index contributed by atoms with van der Waals surface area (Å²) in [5.74, 6) is -0.152. The van der Waals surface area contributed by atoms with Gasteiger partial charge in [0.2, 0.25) is 0 Å². The van der Waals surface area contributed by atoms with Gasteiger partial charge in [-0.2, -0.15) is 0 Å². The van der Waals surface area contributed by atoms with E-state index in [1.54, 1.807) is 6.07 Å². The van der Waals surface area contributed by atoms with Crippen molar-refractivity contribution in [1.82, 2.24) is 9.47 Å². The predicted octanol–water partition coefficient (Wildman–Crippen LogP) is 3.05. The first-order chi connectivity index (χ1) is 8.15. The van der Waals surface area contributed by atoms with E-state index in [-0.39, 0.29) is 5.82 Å². The molecule has 90 valence electrons. The van der Waals surface area contributed by atoms with Crippen molar-refractivity contribution < 1.29 is 4.39 Å². The van der Waals surface area contributed by atoms with E-state index >= 15 is 0 Å². The van der Waals surface area contributed by atoms with Gasteiger partial charge < -0.3 is 9.47 Å². The number of aromatic nitrogens is 1. The Morgan fingerprint density at radius 2 is 2.00 bits per heavy atom. The molecule has 0 aliphatic heterocycles. The Balaban J connectivity index is 1.89. The van der Waals surface area contributed by atoms with E-state index in [9.17, 15) is 4.39 Å². The van der Waals surface area contributed by atoms with E-state index in [0.29, 0.717) is 12.1 Å². The van der Waals surface area contributed by atoms with Crippen LogP contribution >= 0.6 is 0 Å². The molecule has 1 aromatic heterocycles. The SMILES string of the molecule is CN(C)C1CC(n2ccc3ccc(F)cc32)C1. The molecule has 0 spiro atoms. The molecule has 1 aromatic carbocycles. The molecule has 2 nitrogen and oxygen atoms in total. The molecule has 0 radical (unpaired) electrons. The second-order valence-electron chi connectivity index (χ2n) is 5.17. The van der Waals surface area contributed by atoms with Gasteiger partial charge in [-0.3, -0.25) is 0 Å². The summed E-state index contributed by atoms with van der Waals surface area (Å²) in [6.45, 7) is 0. The van der Waals surface area contributed by atoms with Crippen molar-refractivity contribution in [2.45, 2.75) is 24.9 Å². The summed E-state index contributed by atoms with van der Waals surface area (Å²) in [6.07, 6.45) is 4.40. The maximum absolute atomic E-state index is 13.3. The van der Waals surface area contributed by atoms with E-state index in [1.165, 1.54) is 6.07 Å².